The molecule has 4 heteroatoms. The maximum Gasteiger partial charge on any atom is 0.211 e. The third kappa shape index (κ3) is 2.74. The van der Waals surface area contributed by atoms with Gasteiger partial charge in [0.25, 0.3) is 0 Å². The zero-order valence-electron chi connectivity index (χ0n) is 11.7. The molecular weight excluding hydrogens is 256 g/mol. The topological polar surface area (TPSA) is 44.8 Å². The Kier molecular flexibility index (Phi) is 4.25. The van der Waals surface area contributed by atoms with Crippen molar-refractivity contribution in [2.75, 3.05) is 14.2 Å². The Morgan fingerprint density at radius 1 is 0.950 bits per heavy atom. The number of benzene rings is 2. The number of para-hydroxylation sites is 1. The SMILES string of the molecule is COc1cccc(OC)c1Oc1cc(C=O)ccc1C. The van der Waals surface area contributed by atoms with Gasteiger partial charge >= 0.3 is 0 Å². The van der Waals surface area contributed by atoms with Gasteiger partial charge < -0.3 is 14.2 Å². The summed E-state index contributed by atoms with van der Waals surface area (Å²) in [6.07, 6.45) is 0.783. The van der Waals surface area contributed by atoms with Crippen LogP contribution in [0.15, 0.2) is 36.4 Å². The van der Waals surface area contributed by atoms with E-state index in [1.165, 1.54) is 0 Å². The van der Waals surface area contributed by atoms with Gasteiger partial charge in [-0.15, -0.1) is 0 Å². The van der Waals surface area contributed by atoms with Crippen LogP contribution in [0.4, 0.5) is 0 Å². The zero-order chi connectivity index (χ0) is 14.5. The number of aldehydes is 1. The number of hydrogen-bond donors (Lipinski definition) is 0. The van der Waals surface area contributed by atoms with Gasteiger partial charge in [0, 0.05) is 5.56 Å². The van der Waals surface area contributed by atoms with Crippen LogP contribution in [0, 0.1) is 6.92 Å². The molecule has 0 spiro atoms. The molecular formula is C16H16O4. The van der Waals surface area contributed by atoms with E-state index in [9.17, 15) is 4.79 Å². The smallest absolute Gasteiger partial charge is 0.211 e. The third-order valence-corrected chi connectivity index (χ3v) is 2.94. The van der Waals surface area contributed by atoms with Crippen molar-refractivity contribution in [2.45, 2.75) is 6.92 Å². The summed E-state index contributed by atoms with van der Waals surface area (Å²) < 4.78 is 16.5. The van der Waals surface area contributed by atoms with Gasteiger partial charge in [-0.1, -0.05) is 18.2 Å². The Balaban J connectivity index is 2.46. The van der Waals surface area contributed by atoms with E-state index < -0.39 is 0 Å². The lowest BCUT2D eigenvalue weighted by molar-refractivity contribution is 0.112. The van der Waals surface area contributed by atoms with E-state index in [4.69, 9.17) is 14.2 Å². The molecule has 0 saturated carbocycles. The molecule has 0 N–H and O–H groups in total. The van der Waals surface area contributed by atoms with Gasteiger partial charge in [-0.05, 0) is 30.7 Å². The number of carbonyl (C=O) groups is 1. The average molecular weight is 272 g/mol. The number of methoxy groups -OCH3 is 2. The van der Waals surface area contributed by atoms with Crippen molar-refractivity contribution in [1.82, 2.24) is 0 Å². The number of ether oxygens (including phenoxy) is 3. The van der Waals surface area contributed by atoms with Crippen LogP contribution in [0.3, 0.4) is 0 Å². The summed E-state index contributed by atoms with van der Waals surface area (Å²) in [4.78, 5) is 10.9. The summed E-state index contributed by atoms with van der Waals surface area (Å²) in [6.45, 7) is 1.91. The first-order valence-corrected chi connectivity index (χ1v) is 6.14. The summed E-state index contributed by atoms with van der Waals surface area (Å²) >= 11 is 0. The molecule has 2 rings (SSSR count). The lowest BCUT2D eigenvalue weighted by Crippen LogP contribution is -1.96. The highest BCUT2D eigenvalue weighted by Gasteiger charge is 2.13. The van der Waals surface area contributed by atoms with Crippen molar-refractivity contribution in [3.63, 3.8) is 0 Å². The molecule has 20 heavy (non-hydrogen) atoms. The second-order valence-electron chi connectivity index (χ2n) is 4.24. The minimum Gasteiger partial charge on any atom is -0.493 e. The molecule has 0 atom stereocenters. The minimum atomic E-state index is 0.489. The quantitative estimate of drug-likeness (QED) is 0.780. The molecule has 0 amide bonds. The molecule has 0 aliphatic rings. The van der Waals surface area contributed by atoms with Crippen LogP contribution < -0.4 is 14.2 Å². The number of rotatable bonds is 5. The first-order valence-electron chi connectivity index (χ1n) is 6.14. The summed E-state index contributed by atoms with van der Waals surface area (Å²) in [5.74, 6) is 2.22. The molecule has 0 bridgehead atoms. The van der Waals surface area contributed by atoms with Crippen LogP contribution >= 0.6 is 0 Å². The van der Waals surface area contributed by atoms with E-state index in [1.54, 1.807) is 38.5 Å². The average Bonchev–Trinajstić information content (AvgIpc) is 2.49. The van der Waals surface area contributed by atoms with Crippen LogP contribution in [0.25, 0.3) is 0 Å². The molecule has 4 nitrogen and oxygen atoms in total. The monoisotopic (exact) mass is 272 g/mol. The second kappa shape index (κ2) is 6.10. The first kappa shape index (κ1) is 13.9. The number of aryl methyl sites for hydroxylation is 1. The van der Waals surface area contributed by atoms with Crippen molar-refractivity contribution in [1.29, 1.82) is 0 Å². The van der Waals surface area contributed by atoms with Gasteiger partial charge in [-0.25, -0.2) is 0 Å². The first-order chi connectivity index (χ1) is 9.69. The van der Waals surface area contributed by atoms with Crippen molar-refractivity contribution >= 4 is 6.29 Å². The summed E-state index contributed by atoms with van der Waals surface area (Å²) in [5, 5.41) is 0. The molecule has 0 heterocycles. The third-order valence-electron chi connectivity index (χ3n) is 2.94. The highest BCUT2D eigenvalue weighted by atomic mass is 16.5. The van der Waals surface area contributed by atoms with Gasteiger partial charge in [0.15, 0.2) is 11.5 Å². The fraction of sp³-hybridized carbons (Fsp3) is 0.188. The molecule has 104 valence electrons. The van der Waals surface area contributed by atoms with Gasteiger partial charge in [0.1, 0.15) is 12.0 Å². The van der Waals surface area contributed by atoms with Crippen molar-refractivity contribution in [3.8, 4) is 23.0 Å². The summed E-state index contributed by atoms with van der Waals surface area (Å²) in [5.41, 5.74) is 1.48. The Labute approximate surface area is 117 Å². The van der Waals surface area contributed by atoms with Crippen molar-refractivity contribution in [2.24, 2.45) is 0 Å². The highest BCUT2D eigenvalue weighted by Crippen LogP contribution is 2.40. The second-order valence-corrected chi connectivity index (χ2v) is 4.24. The predicted molar refractivity (Wildman–Crippen MR) is 76.2 cm³/mol. The molecule has 0 saturated heterocycles. The molecule has 0 aliphatic carbocycles. The van der Waals surface area contributed by atoms with Crippen LogP contribution in [-0.4, -0.2) is 20.5 Å². The summed E-state index contributed by atoms with van der Waals surface area (Å²) in [6, 6.07) is 10.7. The van der Waals surface area contributed by atoms with E-state index in [0.29, 0.717) is 28.6 Å². The fourth-order valence-corrected chi connectivity index (χ4v) is 1.83. The fourth-order valence-electron chi connectivity index (χ4n) is 1.83. The van der Waals surface area contributed by atoms with Crippen molar-refractivity contribution < 1.29 is 19.0 Å². The van der Waals surface area contributed by atoms with E-state index in [2.05, 4.69) is 0 Å². The lowest BCUT2D eigenvalue weighted by atomic mass is 10.1. The molecule has 0 aliphatic heterocycles. The molecule has 2 aromatic carbocycles. The Bertz CT molecular complexity index is 598. The van der Waals surface area contributed by atoms with E-state index in [1.807, 2.05) is 19.1 Å². The standard InChI is InChI=1S/C16H16O4/c1-11-7-8-12(10-17)9-15(11)20-16-13(18-2)5-4-6-14(16)19-3/h4-10H,1-3H3. The lowest BCUT2D eigenvalue weighted by Gasteiger charge is -2.15. The van der Waals surface area contributed by atoms with Crippen LogP contribution in [0.5, 0.6) is 23.0 Å². The van der Waals surface area contributed by atoms with Crippen LogP contribution in [0.2, 0.25) is 0 Å². The normalized spacial score (nSPS) is 9.95. The van der Waals surface area contributed by atoms with Gasteiger partial charge in [0.05, 0.1) is 14.2 Å². The van der Waals surface area contributed by atoms with Crippen molar-refractivity contribution in [3.05, 3.63) is 47.5 Å². The highest BCUT2D eigenvalue weighted by molar-refractivity contribution is 5.76. The maximum absolute atomic E-state index is 10.9. The zero-order valence-corrected chi connectivity index (χ0v) is 11.7. The van der Waals surface area contributed by atoms with E-state index in [-0.39, 0.29) is 0 Å². The molecule has 0 fully saturated rings. The van der Waals surface area contributed by atoms with E-state index >= 15 is 0 Å². The maximum atomic E-state index is 10.9. The molecule has 0 aromatic heterocycles. The molecule has 0 unspecified atom stereocenters. The van der Waals surface area contributed by atoms with Gasteiger partial charge in [-0.3, -0.25) is 4.79 Å². The Morgan fingerprint density at radius 3 is 2.15 bits per heavy atom. The largest absolute Gasteiger partial charge is 0.493 e. The van der Waals surface area contributed by atoms with Crippen LogP contribution in [-0.2, 0) is 0 Å². The molecule has 0 radical (unpaired) electrons. The number of carbonyl (C=O) groups excluding carboxylic acids is 1. The van der Waals surface area contributed by atoms with Crippen LogP contribution in [0.1, 0.15) is 15.9 Å². The predicted octanol–water partition coefficient (Wildman–Crippen LogP) is 3.62. The van der Waals surface area contributed by atoms with E-state index in [0.717, 1.165) is 11.8 Å². The Morgan fingerprint density at radius 2 is 1.60 bits per heavy atom. The molecule has 2 aromatic rings. The van der Waals surface area contributed by atoms with Gasteiger partial charge in [-0.2, -0.15) is 0 Å². The van der Waals surface area contributed by atoms with Gasteiger partial charge in [0.2, 0.25) is 5.75 Å². The minimum absolute atomic E-state index is 0.489. The Hall–Kier alpha value is -2.49. The summed E-state index contributed by atoms with van der Waals surface area (Å²) in [7, 11) is 3.13. The number of hydrogen-bond acceptors (Lipinski definition) is 4.